The number of benzene rings is 1. The Labute approximate surface area is 114 Å². The van der Waals surface area contributed by atoms with Crippen molar-refractivity contribution in [1.82, 2.24) is 9.97 Å². The standard InChI is InChI=1S/C14H12N4O2/c15-10-5-12(17-6-10)14(19)18-11-3-1-2-9(4-11)13-7-16-8-20-13/h1-8,17H,15H2,(H,18,19). The minimum atomic E-state index is -0.253. The van der Waals surface area contributed by atoms with Crippen molar-refractivity contribution in [3.05, 3.63) is 54.8 Å². The maximum absolute atomic E-state index is 12.0. The predicted octanol–water partition coefficient (Wildman–Crippen LogP) is 2.50. The summed E-state index contributed by atoms with van der Waals surface area (Å²) in [5.41, 5.74) is 8.00. The van der Waals surface area contributed by atoms with Gasteiger partial charge in [0.05, 0.1) is 6.20 Å². The fraction of sp³-hybridized carbons (Fsp3) is 0. The van der Waals surface area contributed by atoms with Crippen LogP contribution >= 0.6 is 0 Å². The van der Waals surface area contributed by atoms with Gasteiger partial charge in [-0.25, -0.2) is 4.98 Å². The number of nitrogens with zero attached hydrogens (tertiary/aromatic N) is 1. The lowest BCUT2D eigenvalue weighted by atomic mass is 10.1. The van der Waals surface area contributed by atoms with Crippen LogP contribution in [0.3, 0.4) is 0 Å². The van der Waals surface area contributed by atoms with E-state index in [2.05, 4.69) is 15.3 Å². The van der Waals surface area contributed by atoms with Crippen LogP contribution in [-0.4, -0.2) is 15.9 Å². The van der Waals surface area contributed by atoms with E-state index in [1.165, 1.54) is 6.39 Å². The Morgan fingerprint density at radius 1 is 1.35 bits per heavy atom. The number of nitrogens with one attached hydrogen (secondary N) is 2. The molecule has 0 aliphatic rings. The number of hydrogen-bond donors (Lipinski definition) is 3. The van der Waals surface area contributed by atoms with E-state index in [1.54, 1.807) is 24.5 Å². The molecule has 0 fully saturated rings. The van der Waals surface area contributed by atoms with Crippen LogP contribution in [0.1, 0.15) is 10.5 Å². The number of nitrogens with two attached hydrogens (primary N) is 1. The van der Waals surface area contributed by atoms with E-state index in [4.69, 9.17) is 10.2 Å². The quantitative estimate of drug-likeness (QED) is 0.679. The van der Waals surface area contributed by atoms with Crippen LogP contribution in [-0.2, 0) is 0 Å². The Kier molecular flexibility index (Phi) is 2.96. The van der Waals surface area contributed by atoms with Crippen LogP contribution in [0.15, 0.2) is 53.5 Å². The van der Waals surface area contributed by atoms with E-state index in [0.717, 1.165) is 5.56 Å². The van der Waals surface area contributed by atoms with E-state index >= 15 is 0 Å². The summed E-state index contributed by atoms with van der Waals surface area (Å²) < 4.78 is 5.22. The number of nitrogen functional groups attached to an aromatic ring is 1. The van der Waals surface area contributed by atoms with E-state index in [1.807, 2.05) is 18.2 Å². The van der Waals surface area contributed by atoms with Crippen molar-refractivity contribution in [2.45, 2.75) is 0 Å². The Bertz CT molecular complexity index is 731. The minimum absolute atomic E-state index is 0.253. The van der Waals surface area contributed by atoms with Crippen molar-refractivity contribution in [2.75, 3.05) is 11.1 Å². The summed E-state index contributed by atoms with van der Waals surface area (Å²) in [4.78, 5) is 18.7. The van der Waals surface area contributed by atoms with Gasteiger partial charge >= 0.3 is 0 Å². The highest BCUT2D eigenvalue weighted by molar-refractivity contribution is 6.03. The lowest BCUT2D eigenvalue weighted by molar-refractivity contribution is 0.102. The number of aromatic nitrogens is 2. The van der Waals surface area contributed by atoms with E-state index in [-0.39, 0.29) is 5.91 Å². The number of oxazole rings is 1. The smallest absolute Gasteiger partial charge is 0.272 e. The van der Waals surface area contributed by atoms with Gasteiger partial charge in [0.2, 0.25) is 0 Å². The van der Waals surface area contributed by atoms with E-state index < -0.39 is 0 Å². The molecule has 1 aromatic carbocycles. The molecule has 2 heterocycles. The maximum Gasteiger partial charge on any atom is 0.272 e. The fourth-order valence-corrected chi connectivity index (χ4v) is 1.85. The van der Waals surface area contributed by atoms with Crippen molar-refractivity contribution >= 4 is 17.3 Å². The van der Waals surface area contributed by atoms with Gasteiger partial charge in [0.25, 0.3) is 5.91 Å². The average molecular weight is 268 g/mol. The lowest BCUT2D eigenvalue weighted by Gasteiger charge is -2.05. The molecular weight excluding hydrogens is 256 g/mol. The molecule has 2 aromatic heterocycles. The number of carbonyl (C=O) groups excluding carboxylic acids is 1. The van der Waals surface area contributed by atoms with E-state index in [9.17, 15) is 4.79 Å². The lowest BCUT2D eigenvalue weighted by Crippen LogP contribution is -2.12. The first-order valence-corrected chi connectivity index (χ1v) is 5.96. The number of anilines is 2. The monoisotopic (exact) mass is 268 g/mol. The zero-order chi connectivity index (χ0) is 13.9. The second kappa shape index (κ2) is 4.93. The normalized spacial score (nSPS) is 10.4. The van der Waals surface area contributed by atoms with Gasteiger partial charge in [-0.1, -0.05) is 12.1 Å². The largest absolute Gasteiger partial charge is 0.444 e. The van der Waals surface area contributed by atoms with Crippen molar-refractivity contribution in [2.24, 2.45) is 0 Å². The highest BCUT2D eigenvalue weighted by atomic mass is 16.3. The molecule has 0 bridgehead atoms. The number of aromatic amines is 1. The molecule has 0 aliphatic carbocycles. The topological polar surface area (TPSA) is 96.9 Å². The third kappa shape index (κ3) is 2.39. The number of rotatable bonds is 3. The molecular formula is C14H12N4O2. The molecule has 6 nitrogen and oxygen atoms in total. The molecule has 6 heteroatoms. The maximum atomic E-state index is 12.0. The van der Waals surface area contributed by atoms with Gasteiger partial charge in [0.15, 0.2) is 12.2 Å². The molecule has 0 radical (unpaired) electrons. The van der Waals surface area contributed by atoms with Crippen molar-refractivity contribution in [3.63, 3.8) is 0 Å². The van der Waals surface area contributed by atoms with Crippen molar-refractivity contribution < 1.29 is 9.21 Å². The molecule has 0 spiro atoms. The third-order valence-electron chi connectivity index (χ3n) is 2.79. The average Bonchev–Trinajstić information content (AvgIpc) is 3.10. The molecule has 0 unspecified atom stereocenters. The SMILES string of the molecule is Nc1c[nH]c(C(=O)Nc2cccc(-c3cnco3)c2)c1. The first kappa shape index (κ1) is 12.0. The number of carbonyl (C=O) groups is 1. The Balaban J connectivity index is 1.81. The molecule has 3 aromatic rings. The Hall–Kier alpha value is -3.02. The zero-order valence-corrected chi connectivity index (χ0v) is 10.5. The highest BCUT2D eigenvalue weighted by Gasteiger charge is 2.09. The molecule has 0 aliphatic heterocycles. The number of amides is 1. The highest BCUT2D eigenvalue weighted by Crippen LogP contribution is 2.22. The number of H-pyrrole nitrogens is 1. The van der Waals surface area contributed by atoms with Crippen LogP contribution < -0.4 is 11.1 Å². The second-order valence-corrected chi connectivity index (χ2v) is 4.25. The van der Waals surface area contributed by atoms with Crippen LogP contribution in [0.2, 0.25) is 0 Å². The van der Waals surface area contributed by atoms with Crippen LogP contribution in [0.5, 0.6) is 0 Å². The first-order valence-electron chi connectivity index (χ1n) is 5.96. The molecule has 100 valence electrons. The number of hydrogen-bond acceptors (Lipinski definition) is 4. The first-order chi connectivity index (χ1) is 9.72. The van der Waals surface area contributed by atoms with E-state index in [0.29, 0.717) is 22.8 Å². The summed E-state index contributed by atoms with van der Waals surface area (Å²) in [5.74, 6) is 0.390. The van der Waals surface area contributed by atoms with Gasteiger partial charge in [-0.05, 0) is 18.2 Å². The van der Waals surface area contributed by atoms with Gasteiger partial charge in [-0.2, -0.15) is 0 Å². The van der Waals surface area contributed by atoms with Gasteiger partial charge < -0.3 is 20.5 Å². The molecule has 20 heavy (non-hydrogen) atoms. The Morgan fingerprint density at radius 2 is 2.25 bits per heavy atom. The molecule has 0 saturated carbocycles. The third-order valence-corrected chi connectivity index (χ3v) is 2.79. The van der Waals surface area contributed by atoms with Gasteiger partial charge in [0, 0.05) is 23.1 Å². The summed E-state index contributed by atoms with van der Waals surface area (Å²) in [6.07, 6.45) is 4.55. The molecule has 4 N–H and O–H groups in total. The molecule has 0 saturated heterocycles. The molecule has 0 atom stereocenters. The minimum Gasteiger partial charge on any atom is -0.444 e. The summed E-state index contributed by atoms with van der Waals surface area (Å²) in [6.45, 7) is 0. The zero-order valence-electron chi connectivity index (χ0n) is 10.5. The van der Waals surface area contributed by atoms with Gasteiger partial charge in [-0.15, -0.1) is 0 Å². The van der Waals surface area contributed by atoms with Crippen molar-refractivity contribution in [3.8, 4) is 11.3 Å². The van der Waals surface area contributed by atoms with Crippen molar-refractivity contribution in [1.29, 1.82) is 0 Å². The summed E-state index contributed by atoms with van der Waals surface area (Å²) in [6, 6.07) is 8.89. The van der Waals surface area contributed by atoms with Gasteiger partial charge in [-0.3, -0.25) is 4.79 Å². The second-order valence-electron chi connectivity index (χ2n) is 4.25. The Morgan fingerprint density at radius 3 is 2.95 bits per heavy atom. The predicted molar refractivity (Wildman–Crippen MR) is 75.1 cm³/mol. The van der Waals surface area contributed by atoms with Crippen LogP contribution in [0.25, 0.3) is 11.3 Å². The summed E-state index contributed by atoms with van der Waals surface area (Å²) >= 11 is 0. The fourth-order valence-electron chi connectivity index (χ4n) is 1.85. The molecule has 3 rings (SSSR count). The van der Waals surface area contributed by atoms with Gasteiger partial charge in [0.1, 0.15) is 5.69 Å². The van der Waals surface area contributed by atoms with Crippen LogP contribution in [0.4, 0.5) is 11.4 Å². The molecule has 1 amide bonds. The summed E-state index contributed by atoms with van der Waals surface area (Å²) in [5, 5.41) is 2.79. The van der Waals surface area contributed by atoms with Crippen LogP contribution in [0, 0.1) is 0 Å². The summed E-state index contributed by atoms with van der Waals surface area (Å²) in [7, 11) is 0.